The second kappa shape index (κ2) is 18.4. The molecular weight excluding hydrogens is 661 g/mol. The van der Waals surface area contributed by atoms with Gasteiger partial charge in [0.25, 0.3) is 0 Å². The number of carbonyl (C=O) groups excluding carboxylic acids is 2. The van der Waals surface area contributed by atoms with E-state index in [0.717, 1.165) is 55.7 Å². The monoisotopic (exact) mass is 717 g/mol. The number of ether oxygens (including phenoxy) is 1. The van der Waals surface area contributed by atoms with Crippen molar-refractivity contribution in [2.45, 2.75) is 134 Å². The van der Waals surface area contributed by atoms with E-state index in [-0.39, 0.29) is 25.5 Å². The highest BCUT2D eigenvalue weighted by atomic mass is 32.2. The Balaban J connectivity index is 1.64. The summed E-state index contributed by atoms with van der Waals surface area (Å²) in [6, 6.07) is 9.45. The van der Waals surface area contributed by atoms with Crippen molar-refractivity contribution in [1.82, 2.24) is 10.2 Å². The molecule has 2 saturated carbocycles. The highest BCUT2D eigenvalue weighted by molar-refractivity contribution is 7.92. The summed E-state index contributed by atoms with van der Waals surface area (Å²) < 4.78 is 61.3. The van der Waals surface area contributed by atoms with Gasteiger partial charge in [-0.15, -0.1) is 0 Å². The Hall–Kier alpha value is -3.05. The fourth-order valence-corrected chi connectivity index (χ4v) is 9.64. The molecule has 0 aromatic heterocycles. The molecule has 8 nitrogen and oxygen atoms in total. The Morgan fingerprint density at radius 1 is 0.960 bits per heavy atom. The largest absolute Gasteiger partial charge is 0.449 e. The molecule has 0 aliphatic heterocycles. The van der Waals surface area contributed by atoms with Crippen LogP contribution in [0.4, 0.5) is 13.6 Å². The van der Waals surface area contributed by atoms with Crippen LogP contribution >= 0.6 is 0 Å². The van der Waals surface area contributed by atoms with Gasteiger partial charge in [-0.25, -0.2) is 22.0 Å². The van der Waals surface area contributed by atoms with Crippen molar-refractivity contribution in [2.75, 3.05) is 18.9 Å². The lowest BCUT2D eigenvalue weighted by molar-refractivity contribution is -0.136. The number of nitrogens with one attached hydrogen (secondary N) is 1. The zero-order chi connectivity index (χ0) is 36.3. The van der Waals surface area contributed by atoms with Crippen LogP contribution in [0.2, 0.25) is 0 Å². The molecule has 0 unspecified atom stereocenters. The van der Waals surface area contributed by atoms with E-state index in [0.29, 0.717) is 50.5 Å². The Labute approximate surface area is 297 Å². The Bertz CT molecular complexity index is 1500. The molecule has 2 aliphatic carbocycles. The Morgan fingerprint density at radius 3 is 2.22 bits per heavy atom. The number of carbonyl (C=O) groups is 2. The molecule has 11 heteroatoms. The van der Waals surface area contributed by atoms with Crippen LogP contribution in [-0.2, 0) is 37.7 Å². The van der Waals surface area contributed by atoms with Gasteiger partial charge in [-0.2, -0.15) is 0 Å². The van der Waals surface area contributed by atoms with E-state index >= 15 is 0 Å². The number of halogens is 2. The predicted octanol–water partition coefficient (Wildman–Crippen LogP) is 7.36. The number of alkyl carbamates (subject to hydrolysis) is 1. The molecule has 4 rings (SSSR count). The minimum atomic E-state index is -3.80. The zero-order valence-corrected chi connectivity index (χ0v) is 30.9. The Kier molecular flexibility index (Phi) is 14.7. The van der Waals surface area contributed by atoms with Crippen molar-refractivity contribution in [3.63, 3.8) is 0 Å². The summed E-state index contributed by atoms with van der Waals surface area (Å²) in [5.74, 6) is -2.17. The second-order valence-corrected chi connectivity index (χ2v) is 16.8. The fourth-order valence-electron chi connectivity index (χ4n) is 7.49. The van der Waals surface area contributed by atoms with Crippen molar-refractivity contribution in [3.05, 3.63) is 70.8 Å². The standard InChI is InChI=1S/C39H57F2N3O5S/c1-4-11-35(12-5-2)50(47,48)27-36(43-38(46)49-26-29-13-8-7-9-14-29)37(45)44(39(18-19-39)31-16-10-15-28(6-3)21-31)20-17-34(42)24-30-22-32(40)25-33(41)23-30/h10,15-16,21-23,25,29,34-36H,4-9,11-14,17-20,24,26-27,42H2,1-3H3,(H,43,46)/t34-,36-/m1/s1. The minimum absolute atomic E-state index is 0.164. The van der Waals surface area contributed by atoms with Crippen LogP contribution < -0.4 is 11.1 Å². The summed E-state index contributed by atoms with van der Waals surface area (Å²) in [4.78, 5) is 29.8. The molecule has 0 heterocycles. The lowest BCUT2D eigenvalue weighted by Crippen LogP contribution is -2.56. The van der Waals surface area contributed by atoms with Crippen LogP contribution in [-0.4, -0.2) is 61.6 Å². The first-order chi connectivity index (χ1) is 23.9. The number of sulfone groups is 1. The highest BCUT2D eigenvalue weighted by Crippen LogP contribution is 2.51. The minimum Gasteiger partial charge on any atom is -0.449 e. The van der Waals surface area contributed by atoms with E-state index in [1.54, 1.807) is 4.90 Å². The summed E-state index contributed by atoms with van der Waals surface area (Å²) >= 11 is 0. The van der Waals surface area contributed by atoms with Gasteiger partial charge in [-0.1, -0.05) is 77.1 Å². The molecule has 2 atom stereocenters. The molecule has 3 N–H and O–H groups in total. The predicted molar refractivity (Wildman–Crippen MR) is 193 cm³/mol. The van der Waals surface area contributed by atoms with Crippen molar-refractivity contribution < 1.29 is 31.5 Å². The molecule has 0 spiro atoms. The fraction of sp³-hybridized carbons (Fsp3) is 0.641. The van der Waals surface area contributed by atoms with E-state index < -0.39 is 62.1 Å². The highest BCUT2D eigenvalue weighted by Gasteiger charge is 2.53. The van der Waals surface area contributed by atoms with Crippen LogP contribution in [0.25, 0.3) is 0 Å². The summed E-state index contributed by atoms with van der Waals surface area (Å²) in [6.07, 6.45) is 9.36. The molecule has 2 fully saturated rings. The van der Waals surface area contributed by atoms with Gasteiger partial charge in [0.15, 0.2) is 9.84 Å². The van der Waals surface area contributed by atoms with E-state index in [1.807, 2.05) is 32.0 Å². The molecule has 2 aliphatic rings. The van der Waals surface area contributed by atoms with Crippen LogP contribution in [0, 0.1) is 17.6 Å². The van der Waals surface area contributed by atoms with Gasteiger partial charge in [0, 0.05) is 18.7 Å². The molecule has 278 valence electrons. The van der Waals surface area contributed by atoms with E-state index in [2.05, 4.69) is 18.3 Å². The molecule has 2 aromatic rings. The van der Waals surface area contributed by atoms with Crippen LogP contribution in [0.3, 0.4) is 0 Å². The average molecular weight is 718 g/mol. The molecule has 0 saturated heterocycles. The lowest BCUT2D eigenvalue weighted by atomic mass is 9.90. The Morgan fingerprint density at radius 2 is 1.62 bits per heavy atom. The number of amides is 2. The average Bonchev–Trinajstić information content (AvgIpc) is 3.89. The number of nitrogens with zero attached hydrogens (tertiary/aromatic N) is 1. The topological polar surface area (TPSA) is 119 Å². The maximum absolute atomic E-state index is 14.8. The first kappa shape index (κ1) is 39.7. The number of hydrogen-bond acceptors (Lipinski definition) is 6. The van der Waals surface area contributed by atoms with Gasteiger partial charge < -0.3 is 20.7 Å². The quantitative estimate of drug-likeness (QED) is 0.157. The third kappa shape index (κ3) is 11.0. The third-order valence-corrected chi connectivity index (χ3v) is 12.7. The van der Waals surface area contributed by atoms with E-state index in [9.17, 15) is 26.8 Å². The van der Waals surface area contributed by atoms with Gasteiger partial charge in [0.05, 0.1) is 23.1 Å². The summed E-state index contributed by atoms with van der Waals surface area (Å²) in [7, 11) is -3.80. The molecule has 50 heavy (non-hydrogen) atoms. The van der Waals surface area contributed by atoms with Crippen molar-refractivity contribution in [2.24, 2.45) is 11.7 Å². The van der Waals surface area contributed by atoms with Crippen molar-refractivity contribution in [3.8, 4) is 0 Å². The second-order valence-electron chi connectivity index (χ2n) is 14.4. The van der Waals surface area contributed by atoms with Crippen LogP contribution in [0.1, 0.15) is 115 Å². The first-order valence-corrected chi connectivity index (χ1v) is 20.4. The van der Waals surface area contributed by atoms with Crippen LogP contribution in [0.5, 0.6) is 0 Å². The van der Waals surface area contributed by atoms with Gasteiger partial charge in [0.2, 0.25) is 5.91 Å². The number of rotatable bonds is 19. The molecule has 0 bridgehead atoms. The van der Waals surface area contributed by atoms with Crippen molar-refractivity contribution in [1.29, 1.82) is 0 Å². The molecule has 0 radical (unpaired) electrons. The van der Waals surface area contributed by atoms with E-state index in [4.69, 9.17) is 10.5 Å². The van der Waals surface area contributed by atoms with Gasteiger partial charge in [-0.05, 0) is 92.5 Å². The molecule has 2 aromatic carbocycles. The lowest BCUT2D eigenvalue weighted by Gasteiger charge is -2.36. The summed E-state index contributed by atoms with van der Waals surface area (Å²) in [6.45, 7) is 6.32. The third-order valence-electron chi connectivity index (χ3n) is 10.4. The number of nitrogens with two attached hydrogens (primary N) is 1. The van der Waals surface area contributed by atoms with Gasteiger partial charge in [-0.3, -0.25) is 4.79 Å². The number of hydrogen-bond donors (Lipinski definition) is 2. The number of benzene rings is 2. The van der Waals surface area contributed by atoms with E-state index in [1.165, 1.54) is 12.1 Å². The maximum atomic E-state index is 14.8. The maximum Gasteiger partial charge on any atom is 0.407 e. The molecular formula is C39H57F2N3O5S. The van der Waals surface area contributed by atoms with Crippen molar-refractivity contribution >= 4 is 21.8 Å². The SMILES string of the molecule is CCCC(CCC)S(=O)(=O)C[C@@H](NC(=O)OCC1CCCCC1)C(=O)N(CC[C@@H](N)Cc1cc(F)cc(F)c1)C1(c2cccc(CC)c2)CC1. The zero-order valence-electron chi connectivity index (χ0n) is 30.1. The smallest absolute Gasteiger partial charge is 0.407 e. The summed E-state index contributed by atoms with van der Waals surface area (Å²) in [5, 5.41) is 2.07. The molecule has 2 amide bonds. The summed E-state index contributed by atoms with van der Waals surface area (Å²) in [5.41, 5.74) is 8.28. The van der Waals surface area contributed by atoms with Crippen LogP contribution in [0.15, 0.2) is 42.5 Å². The normalized spacial score (nSPS) is 17.3. The number of aryl methyl sites for hydroxylation is 1. The van der Waals surface area contributed by atoms with Gasteiger partial charge >= 0.3 is 6.09 Å². The first-order valence-electron chi connectivity index (χ1n) is 18.7. The van der Waals surface area contributed by atoms with Gasteiger partial charge in [0.1, 0.15) is 17.7 Å².